The third kappa shape index (κ3) is 22.8. The van der Waals surface area contributed by atoms with Crippen molar-refractivity contribution < 1.29 is 83.2 Å². The van der Waals surface area contributed by atoms with Crippen molar-refractivity contribution in [3.8, 4) is 17.6 Å². The van der Waals surface area contributed by atoms with Gasteiger partial charge in [-0.2, -0.15) is 22.8 Å². The van der Waals surface area contributed by atoms with Gasteiger partial charge in [0.2, 0.25) is 65.0 Å². The van der Waals surface area contributed by atoms with E-state index in [2.05, 4.69) is 95.6 Å². The molecule has 732 valence electrons. The molecule has 2 atom stereocenters. The molecule has 6 fully saturated rings. The zero-order valence-corrected chi connectivity index (χ0v) is 81.0. The maximum absolute atomic E-state index is 14.8. The Hall–Kier alpha value is -12.4. The maximum atomic E-state index is 14.8. The molecule has 0 bridgehead atoms. The predicted molar refractivity (Wildman–Crippen MR) is 512 cm³/mol. The lowest BCUT2D eigenvalue weighted by molar-refractivity contribution is -0.121. The van der Waals surface area contributed by atoms with Crippen molar-refractivity contribution in [1.29, 1.82) is 5.26 Å². The molecular formula is C102H115BrF9N17O9. The molecular weight excluding hydrogens is 1860 g/mol. The number of nitrogens with one attached hydrogen (secondary N) is 5. The summed E-state index contributed by atoms with van der Waals surface area (Å²) in [5, 5.41) is 45.2. The second-order valence-corrected chi connectivity index (χ2v) is 42.1. The number of hydrogen-bond donors (Lipinski definition) is 7. The lowest BCUT2D eigenvalue weighted by atomic mass is 9.78. The number of carbonyl (C=O) groups excluding carboxylic acids is 5. The molecule has 7 aromatic carbocycles. The molecule has 5 amide bonds. The number of nitriles is 1. The summed E-state index contributed by atoms with van der Waals surface area (Å²) < 4.78 is 141. The Balaban J connectivity index is 0.000000138. The molecule has 138 heavy (non-hydrogen) atoms. The Kier molecular flexibility index (Phi) is 29.6. The second-order valence-electron chi connectivity index (χ2n) is 41.3. The number of benzene rings is 7. The highest BCUT2D eigenvalue weighted by Crippen LogP contribution is 2.51. The highest BCUT2D eigenvalue weighted by atomic mass is 79.9. The molecule has 6 saturated carbocycles. The standard InChI is InChI=1S/C23H25F2N3O3.C23H23FN4O2.C20H22F2N4O.C19H24F3N3O2.C17H21BrFN3O/c1-22(11-6-12-22)28-18-13-16(31-20(24)25)9-10-17(18)26-21(28)27-19(29)14-23(2,30)15-7-4-3-5-8-15;1-22(9-6-10-22)28-20-15(14-25)11-17(24)12-18(20)26-21(28)27-19(29)13-23(2,30)16-7-4-3-5-8-16;1-20(2,11-7-8-11)10-15(27)24-19-25-17-13(21)9-14(23-3)16(22)18(17)26(19)12-5-4-6-12;1-18(2,3)10-14(26)23-17-24-15-12(20)8-11(27-16(21)22)9-13(15)25(17)19(4)6-5-7-19;1-17(2,3)9-13(23)21-16-20-12-8-7-11(19)14(18)15(12)22(16)10-5-4-6-10/h3-5,7-10,13,20,30H,6,11-12,14H2,1-2H3,(H,26,27,29);3-5,7-8,11-12,30H,6,9-10,13H2,1-2H3,(H,26,27,29);9,11-12H,4-8,10H2,1-2H3,(H,24,25,27);8-9,16H,5-7,10H2,1-4H3,(H,23,24,26);7-8,10H,4-6,9H2,1-3H3,(H,20,21,23). The molecule has 12 aromatic rings. The number of amides is 5. The number of ether oxygens (including phenoxy) is 2. The van der Waals surface area contributed by atoms with Gasteiger partial charge in [-0.05, 0) is 229 Å². The van der Waals surface area contributed by atoms with Crippen molar-refractivity contribution in [2.75, 3.05) is 26.6 Å². The molecule has 6 aliphatic rings. The predicted octanol–water partition coefficient (Wildman–Crippen LogP) is 24.4. The van der Waals surface area contributed by atoms with E-state index in [1.807, 2.05) is 94.2 Å². The summed E-state index contributed by atoms with van der Waals surface area (Å²) in [5.74, 6) is -2.62. The molecule has 0 saturated heterocycles. The quantitative estimate of drug-likeness (QED) is 0.0207. The first-order valence-electron chi connectivity index (χ1n) is 46.4. The summed E-state index contributed by atoms with van der Waals surface area (Å²) in [5.41, 5.74) is 0.634. The highest BCUT2D eigenvalue weighted by Gasteiger charge is 2.44. The molecule has 26 nitrogen and oxygen atoms in total. The van der Waals surface area contributed by atoms with E-state index < -0.39 is 59.5 Å². The van der Waals surface area contributed by atoms with E-state index in [9.17, 15) is 79.0 Å². The molecule has 5 aromatic heterocycles. The minimum atomic E-state index is -3.05. The van der Waals surface area contributed by atoms with Crippen LogP contribution in [-0.2, 0) is 51.8 Å². The van der Waals surface area contributed by atoms with Crippen molar-refractivity contribution in [3.05, 3.63) is 183 Å². The van der Waals surface area contributed by atoms with Crippen LogP contribution in [-0.4, -0.2) is 101 Å². The van der Waals surface area contributed by atoms with Gasteiger partial charge in [-0.1, -0.05) is 116 Å². The summed E-state index contributed by atoms with van der Waals surface area (Å²) in [6, 6.07) is 33.4. The molecule has 0 aliphatic heterocycles. The van der Waals surface area contributed by atoms with Gasteiger partial charge < -0.3 is 42.5 Å². The lowest BCUT2D eigenvalue weighted by Gasteiger charge is -2.41. The first-order chi connectivity index (χ1) is 65.0. The summed E-state index contributed by atoms with van der Waals surface area (Å²) >= 11 is 3.33. The zero-order chi connectivity index (χ0) is 99.8. The third-order valence-electron chi connectivity index (χ3n) is 26.8. The van der Waals surface area contributed by atoms with Crippen LogP contribution in [0.2, 0.25) is 0 Å². The first kappa shape index (κ1) is 101. The van der Waals surface area contributed by atoms with Crippen LogP contribution in [0.15, 0.2) is 126 Å². The minimum absolute atomic E-state index is 0.0239. The molecule has 7 N–H and O–H groups in total. The molecule has 6 aliphatic carbocycles. The maximum Gasteiger partial charge on any atom is 0.387 e. The smallest absolute Gasteiger partial charge is 0.387 e. The number of halogens is 10. The normalized spacial score (nSPS) is 16.8. The number of aromatic nitrogens is 10. The SMILES string of the molecule is CC(C)(C)CC(=O)Nc1nc2c(F)cc(OC(F)F)cc2n1C1(C)CCC1.CC(C)(C)CC(=O)Nc1nc2ccc(F)c(Br)c2n1C1CCC1.CC(O)(CC(=O)Nc1nc2cc(F)cc(C#N)c2n1C1(C)CCC1)c1ccccc1.CC(O)(CC(=O)Nc1nc2ccc(OC(F)F)cc2n1C1(C)CCC1)c1ccccc1.[C-]#[N+]c1cc(F)c2nc(NC(=O)CC(C)(C)C3CC3)n(C3CCC3)c2c1F. The van der Waals surface area contributed by atoms with Crippen LogP contribution in [0.4, 0.5) is 74.9 Å². The average molecular weight is 1970 g/mol. The van der Waals surface area contributed by atoms with Crippen molar-refractivity contribution >= 4 is 136 Å². The number of imidazole rings is 5. The number of alkyl halides is 4. The van der Waals surface area contributed by atoms with Crippen LogP contribution in [0.3, 0.4) is 0 Å². The van der Waals surface area contributed by atoms with Gasteiger partial charge in [0.05, 0.1) is 84.8 Å². The molecule has 0 spiro atoms. The van der Waals surface area contributed by atoms with E-state index in [1.165, 1.54) is 36.4 Å². The Morgan fingerprint density at radius 1 is 0.478 bits per heavy atom. The van der Waals surface area contributed by atoms with Gasteiger partial charge in [-0.15, -0.1) is 0 Å². The first-order valence-corrected chi connectivity index (χ1v) is 47.2. The highest BCUT2D eigenvalue weighted by molar-refractivity contribution is 9.10. The van der Waals surface area contributed by atoms with E-state index >= 15 is 0 Å². The van der Waals surface area contributed by atoms with Crippen molar-refractivity contribution in [3.63, 3.8) is 0 Å². The third-order valence-corrected chi connectivity index (χ3v) is 27.6. The molecule has 2 unspecified atom stereocenters. The second kappa shape index (κ2) is 40.2. The van der Waals surface area contributed by atoms with E-state index in [-0.39, 0.29) is 145 Å². The monoisotopic (exact) mass is 1970 g/mol. The summed E-state index contributed by atoms with van der Waals surface area (Å²) in [6.07, 6.45) is 16.9. The Labute approximate surface area is 801 Å². The van der Waals surface area contributed by atoms with Crippen LogP contribution in [0, 0.1) is 69.2 Å². The van der Waals surface area contributed by atoms with Gasteiger partial charge in [0.25, 0.3) is 0 Å². The Morgan fingerprint density at radius 3 is 1.37 bits per heavy atom. The number of fused-ring (bicyclic) bond motifs is 5. The number of aliphatic hydroxyl groups is 2. The van der Waals surface area contributed by atoms with Gasteiger partial charge >= 0.3 is 13.2 Å². The van der Waals surface area contributed by atoms with Crippen LogP contribution in [0.1, 0.15) is 260 Å². The molecule has 18 rings (SSSR count). The van der Waals surface area contributed by atoms with E-state index in [0.29, 0.717) is 79.4 Å². The fourth-order valence-electron chi connectivity index (χ4n) is 18.6. The number of carbonyl (C=O) groups is 5. The van der Waals surface area contributed by atoms with Gasteiger partial charge in [-0.3, -0.25) is 50.6 Å². The minimum Gasteiger partial charge on any atom is -0.435 e. The van der Waals surface area contributed by atoms with E-state index in [0.717, 1.165) is 127 Å². The van der Waals surface area contributed by atoms with E-state index in [4.69, 9.17) is 6.57 Å². The molecule has 5 heterocycles. The van der Waals surface area contributed by atoms with Crippen LogP contribution in [0.5, 0.6) is 11.5 Å². The Morgan fingerprint density at radius 2 is 0.899 bits per heavy atom. The zero-order valence-electron chi connectivity index (χ0n) is 79.4. The average Bonchev–Trinajstić information content (AvgIpc) is 1.54. The fraction of sp³-hybridized carbons (Fsp3) is 0.471. The van der Waals surface area contributed by atoms with Crippen LogP contribution in [0.25, 0.3) is 60.0 Å². The Bertz CT molecular complexity index is 6680. The largest absolute Gasteiger partial charge is 0.435 e. The van der Waals surface area contributed by atoms with Crippen molar-refractivity contribution in [2.24, 2.45) is 22.2 Å². The van der Waals surface area contributed by atoms with Gasteiger partial charge in [0.15, 0.2) is 11.6 Å². The summed E-state index contributed by atoms with van der Waals surface area (Å²) in [7, 11) is 0. The van der Waals surface area contributed by atoms with Crippen LogP contribution >= 0.6 is 15.9 Å². The summed E-state index contributed by atoms with van der Waals surface area (Å²) in [6.45, 7) is 26.4. The topological polar surface area (TPSA) is 322 Å². The lowest BCUT2D eigenvalue weighted by Crippen LogP contribution is -2.39. The van der Waals surface area contributed by atoms with Gasteiger partial charge in [0, 0.05) is 72.2 Å². The van der Waals surface area contributed by atoms with Crippen LogP contribution < -0.4 is 36.1 Å². The number of rotatable bonds is 25. The van der Waals surface area contributed by atoms with Crippen molar-refractivity contribution in [2.45, 2.75) is 284 Å². The van der Waals surface area contributed by atoms with Gasteiger partial charge in [-0.25, -0.2) is 51.7 Å². The fourth-order valence-corrected chi connectivity index (χ4v) is 19.1. The van der Waals surface area contributed by atoms with E-state index in [1.54, 1.807) is 83.6 Å². The van der Waals surface area contributed by atoms with Crippen molar-refractivity contribution in [1.82, 2.24) is 47.8 Å². The molecule has 36 heteroatoms. The van der Waals surface area contributed by atoms with Gasteiger partial charge in [0.1, 0.15) is 46.1 Å². The number of anilines is 5. The summed E-state index contributed by atoms with van der Waals surface area (Å²) in [4.78, 5) is 88.0. The number of nitrogens with zero attached hydrogens (tertiary/aromatic N) is 12. The molecule has 0 radical (unpaired) electrons. The number of hydrogen-bond acceptors (Lipinski definition) is 15.